The standard InChI is InChI=1S/C13H18N2O3/c1-14-13(17)11-6-4-10(5-7-11)8-15(2)12(16)9-18-3/h4-7H,8-9H2,1-3H3,(H,14,17). The van der Waals surface area contributed by atoms with Crippen LogP contribution in [0.4, 0.5) is 0 Å². The molecule has 0 radical (unpaired) electrons. The summed E-state index contributed by atoms with van der Waals surface area (Å²) in [5, 5.41) is 2.56. The van der Waals surface area contributed by atoms with Crippen LogP contribution in [0.5, 0.6) is 0 Å². The zero-order valence-corrected chi connectivity index (χ0v) is 10.9. The van der Waals surface area contributed by atoms with Crippen LogP contribution in [0.15, 0.2) is 24.3 Å². The minimum absolute atomic E-state index is 0.0760. The lowest BCUT2D eigenvalue weighted by atomic mass is 10.1. The van der Waals surface area contributed by atoms with E-state index < -0.39 is 0 Å². The van der Waals surface area contributed by atoms with Crippen molar-refractivity contribution in [3.05, 3.63) is 35.4 Å². The molecule has 0 aliphatic heterocycles. The summed E-state index contributed by atoms with van der Waals surface area (Å²) in [7, 11) is 4.80. The van der Waals surface area contributed by atoms with Crippen LogP contribution in [0.1, 0.15) is 15.9 Å². The summed E-state index contributed by atoms with van der Waals surface area (Å²) in [5.74, 6) is -0.196. The fourth-order valence-corrected chi connectivity index (χ4v) is 1.50. The van der Waals surface area contributed by atoms with Gasteiger partial charge in [-0.25, -0.2) is 0 Å². The first-order valence-electron chi connectivity index (χ1n) is 5.62. The van der Waals surface area contributed by atoms with Gasteiger partial charge in [0.15, 0.2) is 0 Å². The summed E-state index contributed by atoms with van der Waals surface area (Å²) < 4.78 is 4.78. The highest BCUT2D eigenvalue weighted by Gasteiger charge is 2.09. The first-order chi connectivity index (χ1) is 8.58. The second-order valence-electron chi connectivity index (χ2n) is 3.96. The molecule has 0 spiro atoms. The lowest BCUT2D eigenvalue weighted by Gasteiger charge is -2.16. The largest absolute Gasteiger partial charge is 0.375 e. The van der Waals surface area contributed by atoms with Crippen molar-refractivity contribution < 1.29 is 14.3 Å². The van der Waals surface area contributed by atoms with Gasteiger partial charge in [-0.3, -0.25) is 9.59 Å². The number of rotatable bonds is 5. The summed E-state index contributed by atoms with van der Waals surface area (Å²) in [4.78, 5) is 24.4. The van der Waals surface area contributed by atoms with Gasteiger partial charge in [-0.15, -0.1) is 0 Å². The Morgan fingerprint density at radius 1 is 1.28 bits per heavy atom. The Hall–Kier alpha value is -1.88. The molecule has 5 nitrogen and oxygen atoms in total. The molecule has 0 aliphatic rings. The van der Waals surface area contributed by atoms with E-state index in [0.29, 0.717) is 12.1 Å². The van der Waals surface area contributed by atoms with Crippen LogP contribution in [-0.2, 0) is 16.1 Å². The van der Waals surface area contributed by atoms with Crippen LogP contribution >= 0.6 is 0 Å². The lowest BCUT2D eigenvalue weighted by Crippen LogP contribution is -2.29. The summed E-state index contributed by atoms with van der Waals surface area (Å²) in [6.45, 7) is 0.572. The summed E-state index contributed by atoms with van der Waals surface area (Å²) in [6.07, 6.45) is 0. The fourth-order valence-electron chi connectivity index (χ4n) is 1.50. The average molecular weight is 250 g/mol. The predicted molar refractivity (Wildman–Crippen MR) is 68.2 cm³/mol. The summed E-state index contributed by atoms with van der Waals surface area (Å²) >= 11 is 0. The number of ether oxygens (including phenoxy) is 1. The molecule has 0 atom stereocenters. The minimum atomic E-state index is -0.120. The molecule has 0 unspecified atom stereocenters. The minimum Gasteiger partial charge on any atom is -0.375 e. The molecule has 1 rings (SSSR count). The molecule has 1 aromatic carbocycles. The van der Waals surface area contributed by atoms with Crippen LogP contribution in [-0.4, -0.2) is 44.5 Å². The number of hydrogen-bond acceptors (Lipinski definition) is 3. The third-order valence-corrected chi connectivity index (χ3v) is 2.56. The van der Waals surface area contributed by atoms with Crippen LogP contribution in [0.25, 0.3) is 0 Å². The van der Waals surface area contributed by atoms with E-state index >= 15 is 0 Å². The number of amides is 2. The molecule has 0 saturated heterocycles. The maximum Gasteiger partial charge on any atom is 0.251 e. The maximum atomic E-state index is 11.5. The normalized spacial score (nSPS) is 9.94. The third-order valence-electron chi connectivity index (χ3n) is 2.56. The quantitative estimate of drug-likeness (QED) is 0.834. The first kappa shape index (κ1) is 14.2. The van der Waals surface area contributed by atoms with Gasteiger partial charge in [-0.2, -0.15) is 0 Å². The van der Waals surface area contributed by atoms with Crippen molar-refractivity contribution >= 4 is 11.8 Å². The van der Waals surface area contributed by atoms with Crippen LogP contribution in [0.3, 0.4) is 0 Å². The van der Waals surface area contributed by atoms with Crippen molar-refractivity contribution in [1.29, 1.82) is 0 Å². The van der Waals surface area contributed by atoms with Crippen LogP contribution in [0, 0.1) is 0 Å². The van der Waals surface area contributed by atoms with Gasteiger partial charge in [0.2, 0.25) is 5.91 Å². The zero-order chi connectivity index (χ0) is 13.5. The number of nitrogens with one attached hydrogen (secondary N) is 1. The molecule has 1 aromatic rings. The Morgan fingerprint density at radius 2 is 1.89 bits per heavy atom. The van der Waals surface area contributed by atoms with Gasteiger partial charge in [0.05, 0.1) is 0 Å². The number of methoxy groups -OCH3 is 1. The molecular formula is C13H18N2O3. The maximum absolute atomic E-state index is 11.5. The van der Waals surface area contributed by atoms with Gasteiger partial charge < -0.3 is 15.0 Å². The van der Waals surface area contributed by atoms with Crippen molar-refractivity contribution in [3.63, 3.8) is 0 Å². The monoisotopic (exact) mass is 250 g/mol. The smallest absolute Gasteiger partial charge is 0.251 e. The highest BCUT2D eigenvalue weighted by atomic mass is 16.5. The van der Waals surface area contributed by atoms with Crippen LogP contribution in [0.2, 0.25) is 0 Å². The van der Waals surface area contributed by atoms with E-state index in [1.54, 1.807) is 31.1 Å². The second kappa shape index (κ2) is 6.76. The predicted octanol–water partition coefficient (Wildman–Crippen LogP) is 0.651. The van der Waals surface area contributed by atoms with E-state index in [9.17, 15) is 9.59 Å². The van der Waals surface area contributed by atoms with Gasteiger partial charge in [-0.1, -0.05) is 12.1 Å². The summed E-state index contributed by atoms with van der Waals surface area (Å²) in [6, 6.07) is 7.15. The van der Waals surface area contributed by atoms with Crippen molar-refractivity contribution in [1.82, 2.24) is 10.2 Å². The van der Waals surface area contributed by atoms with Crippen molar-refractivity contribution in [2.45, 2.75) is 6.54 Å². The number of hydrogen-bond donors (Lipinski definition) is 1. The lowest BCUT2D eigenvalue weighted by molar-refractivity contribution is -0.134. The van der Waals surface area contributed by atoms with E-state index in [1.165, 1.54) is 7.11 Å². The highest BCUT2D eigenvalue weighted by Crippen LogP contribution is 2.07. The van der Waals surface area contributed by atoms with E-state index in [4.69, 9.17) is 4.74 Å². The number of benzene rings is 1. The molecule has 0 fully saturated rings. The highest BCUT2D eigenvalue weighted by molar-refractivity contribution is 5.93. The average Bonchev–Trinajstić information content (AvgIpc) is 2.39. The molecule has 0 heterocycles. The number of nitrogens with zero attached hydrogens (tertiary/aromatic N) is 1. The van der Waals surface area contributed by atoms with Gasteiger partial charge >= 0.3 is 0 Å². The molecule has 0 bridgehead atoms. The molecule has 18 heavy (non-hydrogen) atoms. The SMILES string of the molecule is CNC(=O)c1ccc(CN(C)C(=O)COC)cc1. The molecule has 2 amide bonds. The van der Waals surface area contributed by atoms with E-state index in [0.717, 1.165) is 5.56 Å². The molecule has 1 N–H and O–H groups in total. The Morgan fingerprint density at radius 3 is 2.39 bits per heavy atom. The van der Waals surface area contributed by atoms with E-state index in [1.807, 2.05) is 12.1 Å². The second-order valence-corrected chi connectivity index (χ2v) is 3.96. The molecule has 0 aliphatic carbocycles. The van der Waals surface area contributed by atoms with E-state index in [-0.39, 0.29) is 18.4 Å². The first-order valence-corrected chi connectivity index (χ1v) is 5.62. The molecule has 98 valence electrons. The molecule has 0 saturated carbocycles. The Balaban J connectivity index is 2.63. The third kappa shape index (κ3) is 3.85. The van der Waals surface area contributed by atoms with Gasteiger partial charge in [-0.05, 0) is 17.7 Å². The van der Waals surface area contributed by atoms with Crippen LogP contribution < -0.4 is 5.32 Å². The summed E-state index contributed by atoms with van der Waals surface area (Å²) in [5.41, 5.74) is 1.57. The van der Waals surface area contributed by atoms with Crippen molar-refractivity contribution in [2.24, 2.45) is 0 Å². The van der Waals surface area contributed by atoms with Crippen molar-refractivity contribution in [2.75, 3.05) is 27.8 Å². The molecule has 5 heteroatoms. The zero-order valence-electron chi connectivity index (χ0n) is 10.9. The van der Waals surface area contributed by atoms with E-state index in [2.05, 4.69) is 5.32 Å². The Labute approximate surface area is 107 Å². The van der Waals surface area contributed by atoms with Gasteiger partial charge in [0.25, 0.3) is 5.91 Å². The Bertz CT molecular complexity index is 415. The Kier molecular flexibility index (Phi) is 5.32. The number of carbonyl (C=O) groups excluding carboxylic acids is 2. The topological polar surface area (TPSA) is 58.6 Å². The number of likely N-dealkylation sites (N-methyl/N-ethyl adjacent to an activating group) is 1. The molecule has 0 aromatic heterocycles. The molecular weight excluding hydrogens is 232 g/mol. The fraction of sp³-hybridized carbons (Fsp3) is 0.385. The van der Waals surface area contributed by atoms with Gasteiger partial charge in [0.1, 0.15) is 6.61 Å². The van der Waals surface area contributed by atoms with Gasteiger partial charge in [0, 0.05) is 33.3 Å². The van der Waals surface area contributed by atoms with Crippen molar-refractivity contribution in [3.8, 4) is 0 Å². The number of carbonyl (C=O) groups is 2.